The van der Waals surface area contributed by atoms with Gasteiger partial charge in [0.25, 0.3) is 0 Å². The molecule has 0 amide bonds. The standard InChI is InChI=1S/C19H15N7O2/c1-12-7-9-21-16(10-12)25-19-17(26(27)28)18(22-11-23-19)24-15-6-2-5-14-13(15)4-3-8-20-14/h2-11H,1H3,(H2,21,22,23,24,25). The summed E-state index contributed by atoms with van der Waals surface area (Å²) in [7, 11) is 0. The van der Waals surface area contributed by atoms with Gasteiger partial charge in [-0.3, -0.25) is 15.1 Å². The average molecular weight is 373 g/mol. The Hall–Kier alpha value is -4.14. The molecule has 0 aliphatic carbocycles. The van der Waals surface area contributed by atoms with Gasteiger partial charge in [0.1, 0.15) is 12.1 Å². The number of anilines is 4. The molecule has 4 rings (SSSR count). The van der Waals surface area contributed by atoms with Gasteiger partial charge in [0, 0.05) is 23.5 Å². The minimum Gasteiger partial charge on any atom is -0.334 e. The van der Waals surface area contributed by atoms with Crippen LogP contribution in [0.4, 0.5) is 28.8 Å². The van der Waals surface area contributed by atoms with Crippen molar-refractivity contribution in [2.45, 2.75) is 6.92 Å². The molecule has 4 aromatic rings. The zero-order chi connectivity index (χ0) is 19.5. The van der Waals surface area contributed by atoms with Crippen LogP contribution < -0.4 is 10.6 Å². The lowest BCUT2D eigenvalue weighted by atomic mass is 10.2. The summed E-state index contributed by atoms with van der Waals surface area (Å²) in [5.41, 5.74) is 2.13. The third kappa shape index (κ3) is 3.40. The molecule has 0 aliphatic rings. The van der Waals surface area contributed by atoms with Crippen LogP contribution in [0.15, 0.2) is 61.2 Å². The summed E-state index contributed by atoms with van der Waals surface area (Å²) in [6, 6.07) is 12.8. The van der Waals surface area contributed by atoms with E-state index >= 15 is 0 Å². The van der Waals surface area contributed by atoms with Crippen molar-refractivity contribution >= 4 is 39.7 Å². The van der Waals surface area contributed by atoms with Crippen molar-refractivity contribution in [1.29, 1.82) is 0 Å². The van der Waals surface area contributed by atoms with E-state index in [9.17, 15) is 10.1 Å². The molecule has 138 valence electrons. The molecule has 0 atom stereocenters. The molecular weight excluding hydrogens is 358 g/mol. The lowest BCUT2D eigenvalue weighted by Crippen LogP contribution is -2.06. The Bertz CT molecular complexity index is 1170. The summed E-state index contributed by atoms with van der Waals surface area (Å²) in [5, 5.41) is 18.5. The number of pyridine rings is 2. The summed E-state index contributed by atoms with van der Waals surface area (Å²) < 4.78 is 0. The highest BCUT2D eigenvalue weighted by atomic mass is 16.6. The second kappa shape index (κ2) is 7.23. The SMILES string of the molecule is Cc1ccnc(Nc2ncnc(Nc3cccc4ncccc34)c2[N+](=O)[O-])c1. The second-order valence-corrected chi connectivity index (χ2v) is 6.02. The number of aromatic nitrogens is 4. The van der Waals surface area contributed by atoms with Gasteiger partial charge in [-0.15, -0.1) is 0 Å². The summed E-state index contributed by atoms with van der Waals surface area (Å²) >= 11 is 0. The van der Waals surface area contributed by atoms with Gasteiger partial charge in [-0.1, -0.05) is 6.07 Å². The van der Waals surface area contributed by atoms with E-state index in [0.29, 0.717) is 11.5 Å². The number of nitrogens with zero attached hydrogens (tertiary/aromatic N) is 5. The van der Waals surface area contributed by atoms with Gasteiger partial charge in [0.2, 0.25) is 11.6 Å². The first-order valence-electron chi connectivity index (χ1n) is 8.41. The van der Waals surface area contributed by atoms with Crippen LogP contribution >= 0.6 is 0 Å². The van der Waals surface area contributed by atoms with E-state index in [1.165, 1.54) is 6.33 Å². The van der Waals surface area contributed by atoms with Crippen molar-refractivity contribution in [2.24, 2.45) is 0 Å². The van der Waals surface area contributed by atoms with Crippen LogP contribution in [-0.4, -0.2) is 24.9 Å². The van der Waals surface area contributed by atoms with Gasteiger partial charge in [-0.05, 0) is 48.9 Å². The van der Waals surface area contributed by atoms with Crippen molar-refractivity contribution in [2.75, 3.05) is 10.6 Å². The highest BCUT2D eigenvalue weighted by Crippen LogP contribution is 2.34. The highest BCUT2D eigenvalue weighted by molar-refractivity contribution is 5.93. The third-order valence-electron chi connectivity index (χ3n) is 4.07. The first kappa shape index (κ1) is 17.3. The van der Waals surface area contributed by atoms with Crippen molar-refractivity contribution in [3.63, 3.8) is 0 Å². The number of aryl methyl sites for hydroxylation is 1. The van der Waals surface area contributed by atoms with Gasteiger partial charge < -0.3 is 10.6 Å². The topological polar surface area (TPSA) is 119 Å². The maximum Gasteiger partial charge on any atom is 0.353 e. The molecule has 0 aliphatic heterocycles. The predicted octanol–water partition coefficient (Wildman–Crippen LogP) is 4.12. The predicted molar refractivity (Wildman–Crippen MR) is 106 cm³/mol. The van der Waals surface area contributed by atoms with E-state index in [1.807, 2.05) is 37.3 Å². The van der Waals surface area contributed by atoms with Crippen molar-refractivity contribution in [1.82, 2.24) is 19.9 Å². The van der Waals surface area contributed by atoms with E-state index in [-0.39, 0.29) is 17.3 Å². The average Bonchev–Trinajstić information content (AvgIpc) is 2.68. The molecule has 28 heavy (non-hydrogen) atoms. The Kier molecular flexibility index (Phi) is 4.47. The van der Waals surface area contributed by atoms with E-state index in [0.717, 1.165) is 16.5 Å². The van der Waals surface area contributed by atoms with Gasteiger partial charge in [-0.2, -0.15) is 0 Å². The molecule has 0 saturated heterocycles. The Morgan fingerprint density at radius 1 is 0.929 bits per heavy atom. The molecule has 1 aromatic carbocycles. The monoisotopic (exact) mass is 373 g/mol. The van der Waals surface area contributed by atoms with Gasteiger partial charge in [0.05, 0.1) is 10.4 Å². The van der Waals surface area contributed by atoms with Crippen molar-refractivity contribution < 1.29 is 4.92 Å². The van der Waals surface area contributed by atoms with Crippen LogP contribution in [0.1, 0.15) is 5.56 Å². The number of hydrogen-bond donors (Lipinski definition) is 2. The number of nitrogens with one attached hydrogen (secondary N) is 2. The molecule has 9 nitrogen and oxygen atoms in total. The zero-order valence-electron chi connectivity index (χ0n) is 14.8. The Morgan fingerprint density at radius 2 is 1.75 bits per heavy atom. The minimum atomic E-state index is -0.524. The van der Waals surface area contributed by atoms with Crippen LogP contribution in [0.5, 0.6) is 0 Å². The Morgan fingerprint density at radius 3 is 2.54 bits per heavy atom. The molecule has 0 spiro atoms. The van der Waals surface area contributed by atoms with Crippen LogP contribution in [-0.2, 0) is 0 Å². The fraction of sp³-hybridized carbons (Fsp3) is 0.0526. The van der Waals surface area contributed by atoms with Crippen molar-refractivity contribution in [3.05, 3.63) is 76.9 Å². The van der Waals surface area contributed by atoms with Gasteiger partial charge >= 0.3 is 5.69 Å². The summed E-state index contributed by atoms with van der Waals surface area (Å²) in [5.74, 6) is 0.590. The molecule has 0 bridgehead atoms. The van der Waals surface area contributed by atoms with E-state index in [2.05, 4.69) is 30.6 Å². The molecule has 0 unspecified atom stereocenters. The number of nitro groups is 1. The molecule has 0 fully saturated rings. The second-order valence-electron chi connectivity index (χ2n) is 6.02. The molecule has 9 heteroatoms. The van der Waals surface area contributed by atoms with Gasteiger partial charge in [-0.25, -0.2) is 15.0 Å². The quantitative estimate of drug-likeness (QED) is 0.396. The molecule has 0 saturated carbocycles. The maximum atomic E-state index is 11.8. The van der Waals surface area contributed by atoms with E-state index in [1.54, 1.807) is 24.5 Å². The molecule has 0 radical (unpaired) electrons. The lowest BCUT2D eigenvalue weighted by Gasteiger charge is -2.11. The van der Waals surface area contributed by atoms with Crippen molar-refractivity contribution in [3.8, 4) is 0 Å². The minimum absolute atomic E-state index is 0.0546. The van der Waals surface area contributed by atoms with Crippen LogP contribution in [0.2, 0.25) is 0 Å². The Labute approximate surface area is 159 Å². The fourth-order valence-electron chi connectivity index (χ4n) is 2.80. The summed E-state index contributed by atoms with van der Waals surface area (Å²) in [4.78, 5) is 27.8. The van der Waals surface area contributed by atoms with Crippen LogP contribution in [0.3, 0.4) is 0 Å². The third-order valence-corrected chi connectivity index (χ3v) is 4.07. The van der Waals surface area contributed by atoms with Crippen LogP contribution in [0, 0.1) is 17.0 Å². The summed E-state index contributed by atoms with van der Waals surface area (Å²) in [6.45, 7) is 1.91. The molecule has 3 heterocycles. The number of benzene rings is 1. The number of hydrogen-bond acceptors (Lipinski definition) is 8. The smallest absolute Gasteiger partial charge is 0.334 e. The fourth-order valence-corrected chi connectivity index (χ4v) is 2.80. The van der Waals surface area contributed by atoms with E-state index < -0.39 is 4.92 Å². The lowest BCUT2D eigenvalue weighted by molar-refractivity contribution is -0.383. The highest BCUT2D eigenvalue weighted by Gasteiger charge is 2.24. The zero-order valence-corrected chi connectivity index (χ0v) is 14.8. The normalized spacial score (nSPS) is 10.6. The largest absolute Gasteiger partial charge is 0.353 e. The maximum absolute atomic E-state index is 11.8. The Balaban J connectivity index is 1.76. The first-order chi connectivity index (χ1) is 13.6. The molecule has 3 aromatic heterocycles. The first-order valence-corrected chi connectivity index (χ1v) is 8.41. The van der Waals surface area contributed by atoms with Gasteiger partial charge in [0.15, 0.2) is 0 Å². The van der Waals surface area contributed by atoms with Crippen LogP contribution in [0.25, 0.3) is 10.9 Å². The van der Waals surface area contributed by atoms with E-state index in [4.69, 9.17) is 0 Å². The number of fused-ring (bicyclic) bond motifs is 1. The molecule has 2 N–H and O–H groups in total. The summed E-state index contributed by atoms with van der Waals surface area (Å²) in [6.07, 6.45) is 4.57. The number of rotatable bonds is 5. The molecular formula is C19H15N7O2.